The van der Waals surface area contributed by atoms with Gasteiger partial charge in [-0.05, 0) is 11.8 Å². The lowest BCUT2D eigenvalue weighted by atomic mass is 9.75. The van der Waals surface area contributed by atoms with Crippen LogP contribution < -0.4 is 0 Å². The van der Waals surface area contributed by atoms with Crippen molar-refractivity contribution in [2.24, 2.45) is 11.3 Å². The molecule has 0 aliphatic heterocycles. The molecule has 15 heavy (non-hydrogen) atoms. The normalized spacial score (nSPS) is 13.6. The zero-order chi connectivity index (χ0) is 11.5. The first-order chi connectivity index (χ1) is 6.96. The average Bonchev–Trinajstić information content (AvgIpc) is 2.18. The molecule has 0 spiro atoms. The van der Waals surface area contributed by atoms with E-state index in [0.717, 1.165) is 12.0 Å². The summed E-state index contributed by atoms with van der Waals surface area (Å²) >= 11 is 0. The molecule has 1 heteroatoms. The summed E-state index contributed by atoms with van der Waals surface area (Å²) in [6, 6.07) is 9.58. The Hall–Kier alpha value is -1.11. The number of hydrogen-bond donors (Lipinski definition) is 0. The van der Waals surface area contributed by atoms with Gasteiger partial charge in [-0.15, -0.1) is 0 Å². The molecule has 1 rings (SSSR count). The molecule has 0 aliphatic rings. The van der Waals surface area contributed by atoms with E-state index in [9.17, 15) is 4.79 Å². The predicted octanol–water partition coefficient (Wildman–Crippen LogP) is 3.94. The number of benzene rings is 1. The Kier molecular flexibility index (Phi) is 3.67. The molecule has 1 aromatic rings. The lowest BCUT2D eigenvalue weighted by molar-refractivity contribution is 0.0811. The van der Waals surface area contributed by atoms with Crippen molar-refractivity contribution in [1.82, 2.24) is 0 Å². The first-order valence-electron chi connectivity index (χ1n) is 5.56. The van der Waals surface area contributed by atoms with Crippen LogP contribution in [0.2, 0.25) is 0 Å². The van der Waals surface area contributed by atoms with Crippen molar-refractivity contribution in [2.45, 2.75) is 34.1 Å². The van der Waals surface area contributed by atoms with Crippen molar-refractivity contribution < 1.29 is 4.79 Å². The fourth-order valence-electron chi connectivity index (χ4n) is 1.99. The van der Waals surface area contributed by atoms with Crippen LogP contribution >= 0.6 is 0 Å². The molecule has 1 nitrogen and oxygen atoms in total. The van der Waals surface area contributed by atoms with Crippen LogP contribution in [0.3, 0.4) is 0 Å². The average molecular weight is 204 g/mol. The highest BCUT2D eigenvalue weighted by molar-refractivity contribution is 5.98. The summed E-state index contributed by atoms with van der Waals surface area (Å²) in [4.78, 5) is 12.2. The highest BCUT2D eigenvalue weighted by Gasteiger charge is 2.29. The van der Waals surface area contributed by atoms with Crippen LogP contribution in [-0.4, -0.2) is 5.78 Å². The Bertz CT molecular complexity index is 319. The van der Waals surface area contributed by atoms with Crippen molar-refractivity contribution in [2.75, 3.05) is 0 Å². The SMILES string of the molecule is CCC(C(=O)c1ccccc1)C(C)(C)C. The molecule has 0 amide bonds. The molecule has 1 unspecified atom stereocenters. The minimum atomic E-state index is 0.0433. The van der Waals surface area contributed by atoms with E-state index in [4.69, 9.17) is 0 Å². The number of ketones is 1. The Morgan fingerprint density at radius 2 is 1.73 bits per heavy atom. The summed E-state index contributed by atoms with van der Waals surface area (Å²) in [5, 5.41) is 0. The predicted molar refractivity (Wildman–Crippen MR) is 64.0 cm³/mol. The standard InChI is InChI=1S/C14H20O/c1-5-12(14(2,3)4)13(15)11-9-7-6-8-10-11/h6-10,12H,5H2,1-4H3. The van der Waals surface area contributed by atoms with Gasteiger partial charge >= 0.3 is 0 Å². The van der Waals surface area contributed by atoms with Gasteiger partial charge < -0.3 is 0 Å². The molecule has 0 saturated heterocycles. The molecule has 0 fully saturated rings. The van der Waals surface area contributed by atoms with E-state index in [1.165, 1.54) is 0 Å². The first-order valence-corrected chi connectivity index (χ1v) is 5.56. The van der Waals surface area contributed by atoms with Crippen LogP contribution in [0.5, 0.6) is 0 Å². The van der Waals surface area contributed by atoms with Crippen LogP contribution in [0, 0.1) is 11.3 Å². The van der Waals surface area contributed by atoms with Gasteiger partial charge in [0.25, 0.3) is 0 Å². The molecular weight excluding hydrogens is 184 g/mol. The van der Waals surface area contributed by atoms with Crippen molar-refractivity contribution in [1.29, 1.82) is 0 Å². The van der Waals surface area contributed by atoms with E-state index < -0.39 is 0 Å². The van der Waals surface area contributed by atoms with Gasteiger partial charge in [-0.1, -0.05) is 58.0 Å². The Labute approximate surface area is 92.5 Å². The van der Waals surface area contributed by atoms with E-state index in [2.05, 4.69) is 27.7 Å². The van der Waals surface area contributed by atoms with Crippen LogP contribution in [-0.2, 0) is 0 Å². The number of hydrogen-bond acceptors (Lipinski definition) is 1. The van der Waals surface area contributed by atoms with Gasteiger partial charge in [0, 0.05) is 11.5 Å². The second kappa shape index (κ2) is 4.61. The van der Waals surface area contributed by atoms with Crippen LogP contribution in [0.15, 0.2) is 30.3 Å². The first kappa shape index (κ1) is 12.0. The van der Waals surface area contributed by atoms with E-state index in [0.29, 0.717) is 0 Å². The van der Waals surface area contributed by atoms with Crippen LogP contribution in [0.25, 0.3) is 0 Å². The minimum Gasteiger partial charge on any atom is -0.294 e. The summed E-state index contributed by atoms with van der Waals surface area (Å²) in [6.45, 7) is 8.46. The highest BCUT2D eigenvalue weighted by atomic mass is 16.1. The monoisotopic (exact) mass is 204 g/mol. The number of Topliss-reactive ketones (excluding diaryl/α,β-unsaturated/α-hetero) is 1. The Balaban J connectivity index is 2.93. The van der Waals surface area contributed by atoms with E-state index >= 15 is 0 Å². The van der Waals surface area contributed by atoms with Gasteiger partial charge in [0.05, 0.1) is 0 Å². The molecule has 0 aliphatic carbocycles. The molecule has 0 saturated carbocycles. The molecule has 0 bridgehead atoms. The second-order valence-corrected chi connectivity index (χ2v) is 5.06. The second-order valence-electron chi connectivity index (χ2n) is 5.06. The Morgan fingerprint density at radius 3 is 2.13 bits per heavy atom. The summed E-state index contributed by atoms with van der Waals surface area (Å²) < 4.78 is 0. The fraction of sp³-hybridized carbons (Fsp3) is 0.500. The maximum atomic E-state index is 12.2. The molecule has 82 valence electrons. The fourth-order valence-corrected chi connectivity index (χ4v) is 1.99. The summed E-state index contributed by atoms with van der Waals surface area (Å²) in [5.74, 6) is 0.380. The zero-order valence-electron chi connectivity index (χ0n) is 10.1. The molecule has 1 atom stereocenters. The third-order valence-electron chi connectivity index (χ3n) is 2.83. The molecular formula is C14H20O. The van der Waals surface area contributed by atoms with E-state index in [-0.39, 0.29) is 17.1 Å². The van der Waals surface area contributed by atoms with Crippen molar-refractivity contribution in [3.05, 3.63) is 35.9 Å². The molecule has 1 aromatic carbocycles. The smallest absolute Gasteiger partial charge is 0.166 e. The van der Waals surface area contributed by atoms with Gasteiger partial charge in [-0.3, -0.25) is 4.79 Å². The van der Waals surface area contributed by atoms with Crippen molar-refractivity contribution in [3.8, 4) is 0 Å². The lowest BCUT2D eigenvalue weighted by Crippen LogP contribution is -2.28. The van der Waals surface area contributed by atoms with Crippen molar-refractivity contribution >= 4 is 5.78 Å². The van der Waals surface area contributed by atoms with Gasteiger partial charge in [-0.2, -0.15) is 0 Å². The van der Waals surface area contributed by atoms with Gasteiger partial charge in [0.1, 0.15) is 0 Å². The summed E-state index contributed by atoms with van der Waals surface area (Å²) in [7, 11) is 0. The molecule has 0 heterocycles. The largest absolute Gasteiger partial charge is 0.294 e. The molecule has 0 N–H and O–H groups in total. The highest BCUT2D eigenvalue weighted by Crippen LogP contribution is 2.31. The summed E-state index contributed by atoms with van der Waals surface area (Å²) in [6.07, 6.45) is 0.900. The maximum absolute atomic E-state index is 12.2. The van der Waals surface area contributed by atoms with Crippen LogP contribution in [0.4, 0.5) is 0 Å². The topological polar surface area (TPSA) is 17.1 Å². The van der Waals surface area contributed by atoms with E-state index in [1.807, 2.05) is 30.3 Å². The lowest BCUT2D eigenvalue weighted by Gasteiger charge is -2.28. The zero-order valence-corrected chi connectivity index (χ0v) is 10.1. The minimum absolute atomic E-state index is 0.0433. The molecule has 0 aromatic heterocycles. The number of rotatable bonds is 3. The van der Waals surface area contributed by atoms with Gasteiger partial charge in [0.15, 0.2) is 5.78 Å². The number of carbonyl (C=O) groups is 1. The maximum Gasteiger partial charge on any atom is 0.166 e. The van der Waals surface area contributed by atoms with E-state index in [1.54, 1.807) is 0 Å². The Morgan fingerprint density at radius 1 is 1.20 bits per heavy atom. The third-order valence-corrected chi connectivity index (χ3v) is 2.83. The van der Waals surface area contributed by atoms with Gasteiger partial charge in [-0.25, -0.2) is 0 Å². The third kappa shape index (κ3) is 2.92. The van der Waals surface area contributed by atoms with Crippen molar-refractivity contribution in [3.63, 3.8) is 0 Å². The van der Waals surface area contributed by atoms with Crippen LogP contribution in [0.1, 0.15) is 44.5 Å². The molecule has 0 radical (unpaired) electrons. The van der Waals surface area contributed by atoms with Gasteiger partial charge in [0.2, 0.25) is 0 Å². The number of carbonyl (C=O) groups excluding carboxylic acids is 1. The quantitative estimate of drug-likeness (QED) is 0.681. The summed E-state index contributed by atoms with van der Waals surface area (Å²) in [5.41, 5.74) is 0.876.